The van der Waals surface area contributed by atoms with Crippen LogP contribution in [-0.2, 0) is 4.79 Å². The number of nitrogens with one attached hydrogen (secondary N) is 2. The number of halogens is 2. The van der Waals surface area contributed by atoms with Crippen molar-refractivity contribution >= 4 is 40.6 Å². The Morgan fingerprint density at radius 3 is 2.68 bits per heavy atom. The molecule has 2 rings (SSSR count). The van der Waals surface area contributed by atoms with E-state index in [1.54, 1.807) is 36.4 Å². The molecule has 0 aliphatic carbocycles. The van der Waals surface area contributed by atoms with Gasteiger partial charge < -0.3 is 10.6 Å². The van der Waals surface area contributed by atoms with Crippen LogP contribution in [-0.4, -0.2) is 10.9 Å². The maximum Gasteiger partial charge on any atom is 0.267 e. The Kier molecular flexibility index (Phi) is 5.37. The molecule has 1 heterocycles. The van der Waals surface area contributed by atoms with E-state index in [0.717, 1.165) is 0 Å². The smallest absolute Gasteiger partial charge is 0.267 e. The number of amides is 1. The lowest BCUT2D eigenvalue weighted by Gasteiger charge is -2.05. The Labute approximate surface area is 137 Å². The molecule has 2 N–H and O–H groups in total. The zero-order valence-electron chi connectivity index (χ0n) is 11.2. The van der Waals surface area contributed by atoms with Crippen molar-refractivity contribution in [3.63, 3.8) is 0 Å². The first-order valence-corrected chi connectivity index (χ1v) is 6.89. The van der Waals surface area contributed by atoms with Crippen molar-refractivity contribution in [2.75, 3.05) is 10.6 Å². The van der Waals surface area contributed by atoms with E-state index in [-0.39, 0.29) is 5.57 Å². The third kappa shape index (κ3) is 4.48. The standard InChI is InChI=1S/C15H10Cl2N4O/c16-11-2-1-3-13(6-11)21-15(22)10(7-18)8-19-14-5-4-12(17)9-20-14/h1-6,8-9H,(H,19,20)(H,21,22)/b10-8-. The molecule has 1 aromatic carbocycles. The van der Waals surface area contributed by atoms with Crippen LogP contribution >= 0.6 is 23.2 Å². The summed E-state index contributed by atoms with van der Waals surface area (Å²) in [6, 6.07) is 11.7. The Morgan fingerprint density at radius 1 is 1.23 bits per heavy atom. The van der Waals surface area contributed by atoms with Crippen LogP contribution in [0.3, 0.4) is 0 Å². The molecular weight excluding hydrogens is 323 g/mol. The number of benzene rings is 1. The fourth-order valence-corrected chi connectivity index (χ4v) is 1.82. The van der Waals surface area contributed by atoms with Gasteiger partial charge in [-0.05, 0) is 30.3 Å². The molecule has 1 amide bonds. The molecule has 0 radical (unpaired) electrons. The van der Waals surface area contributed by atoms with Crippen LogP contribution in [0.4, 0.5) is 11.5 Å². The van der Waals surface area contributed by atoms with Gasteiger partial charge in [-0.25, -0.2) is 4.98 Å². The first-order valence-electron chi connectivity index (χ1n) is 6.14. The van der Waals surface area contributed by atoms with Crippen molar-refractivity contribution in [3.8, 4) is 6.07 Å². The lowest BCUT2D eigenvalue weighted by atomic mass is 10.2. The van der Waals surface area contributed by atoms with Crippen molar-refractivity contribution < 1.29 is 4.79 Å². The van der Waals surface area contributed by atoms with Gasteiger partial charge in [0.15, 0.2) is 0 Å². The van der Waals surface area contributed by atoms with E-state index >= 15 is 0 Å². The first kappa shape index (κ1) is 15.8. The van der Waals surface area contributed by atoms with Gasteiger partial charge in [0.1, 0.15) is 17.5 Å². The maximum absolute atomic E-state index is 12.0. The number of anilines is 2. The number of hydrogen-bond acceptors (Lipinski definition) is 4. The monoisotopic (exact) mass is 332 g/mol. The number of carbonyl (C=O) groups excluding carboxylic acids is 1. The van der Waals surface area contributed by atoms with E-state index in [9.17, 15) is 4.79 Å². The maximum atomic E-state index is 12.0. The van der Waals surface area contributed by atoms with Crippen LogP contribution in [0.1, 0.15) is 0 Å². The summed E-state index contributed by atoms with van der Waals surface area (Å²) < 4.78 is 0. The van der Waals surface area contributed by atoms with Gasteiger partial charge in [0.25, 0.3) is 5.91 Å². The van der Waals surface area contributed by atoms with Crippen LogP contribution < -0.4 is 10.6 Å². The molecule has 1 aromatic heterocycles. The molecule has 0 bridgehead atoms. The summed E-state index contributed by atoms with van der Waals surface area (Å²) in [5, 5.41) is 15.4. The first-order chi connectivity index (χ1) is 10.6. The molecule has 0 fully saturated rings. The van der Waals surface area contributed by atoms with E-state index < -0.39 is 5.91 Å². The minimum atomic E-state index is -0.550. The third-order valence-corrected chi connectivity index (χ3v) is 3.00. The van der Waals surface area contributed by atoms with Crippen molar-refractivity contribution in [1.82, 2.24) is 4.98 Å². The quantitative estimate of drug-likeness (QED) is 0.658. The molecule has 0 saturated carbocycles. The minimum absolute atomic E-state index is 0.100. The second kappa shape index (κ2) is 7.46. The largest absolute Gasteiger partial charge is 0.345 e. The van der Waals surface area contributed by atoms with Crippen LogP contribution in [0.5, 0.6) is 0 Å². The van der Waals surface area contributed by atoms with Crippen LogP contribution in [0.25, 0.3) is 0 Å². The van der Waals surface area contributed by atoms with Gasteiger partial charge in [-0.1, -0.05) is 29.3 Å². The van der Waals surface area contributed by atoms with E-state index in [4.69, 9.17) is 28.5 Å². The van der Waals surface area contributed by atoms with Gasteiger partial charge in [0.2, 0.25) is 0 Å². The lowest BCUT2D eigenvalue weighted by Crippen LogP contribution is -2.14. The molecule has 7 heteroatoms. The fraction of sp³-hybridized carbons (Fsp3) is 0. The molecule has 22 heavy (non-hydrogen) atoms. The Hall–Kier alpha value is -2.55. The number of nitrogens with zero attached hydrogens (tertiary/aromatic N) is 2. The molecule has 0 saturated heterocycles. The average Bonchev–Trinajstić information content (AvgIpc) is 2.49. The highest BCUT2D eigenvalue weighted by atomic mass is 35.5. The summed E-state index contributed by atoms with van der Waals surface area (Å²) in [6.07, 6.45) is 2.73. The summed E-state index contributed by atoms with van der Waals surface area (Å²) in [7, 11) is 0. The summed E-state index contributed by atoms with van der Waals surface area (Å²) in [5.74, 6) is -0.0843. The highest BCUT2D eigenvalue weighted by molar-refractivity contribution is 6.31. The Morgan fingerprint density at radius 2 is 2.05 bits per heavy atom. The SMILES string of the molecule is N#C/C(=C/Nc1ccc(Cl)cn1)C(=O)Nc1cccc(Cl)c1. The van der Waals surface area contributed by atoms with E-state index in [1.807, 2.05) is 6.07 Å². The van der Waals surface area contributed by atoms with Crippen LogP contribution in [0.15, 0.2) is 54.4 Å². The van der Waals surface area contributed by atoms with Crippen molar-refractivity contribution in [1.29, 1.82) is 5.26 Å². The number of hydrogen-bond donors (Lipinski definition) is 2. The highest BCUT2D eigenvalue weighted by Gasteiger charge is 2.09. The summed E-state index contributed by atoms with van der Waals surface area (Å²) in [4.78, 5) is 16.0. The second-order valence-corrected chi connectivity index (χ2v) is 5.01. The van der Waals surface area contributed by atoms with Crippen LogP contribution in [0, 0.1) is 11.3 Å². The predicted molar refractivity (Wildman–Crippen MR) is 86.6 cm³/mol. The molecule has 5 nitrogen and oxygen atoms in total. The molecular formula is C15H10Cl2N4O. The number of pyridine rings is 1. The van der Waals surface area contributed by atoms with E-state index in [1.165, 1.54) is 12.4 Å². The van der Waals surface area contributed by atoms with Gasteiger partial charge in [-0.15, -0.1) is 0 Å². The normalized spacial score (nSPS) is 10.7. The average molecular weight is 333 g/mol. The van der Waals surface area contributed by atoms with E-state index in [2.05, 4.69) is 15.6 Å². The topological polar surface area (TPSA) is 77.8 Å². The third-order valence-electron chi connectivity index (χ3n) is 2.54. The van der Waals surface area contributed by atoms with Gasteiger partial charge in [-0.2, -0.15) is 5.26 Å². The van der Waals surface area contributed by atoms with Crippen LogP contribution in [0.2, 0.25) is 10.0 Å². The number of nitriles is 1. The predicted octanol–water partition coefficient (Wildman–Crippen LogP) is 3.85. The molecule has 0 aliphatic heterocycles. The molecule has 110 valence electrons. The van der Waals surface area contributed by atoms with Gasteiger partial charge >= 0.3 is 0 Å². The summed E-state index contributed by atoms with van der Waals surface area (Å²) >= 11 is 11.6. The van der Waals surface area contributed by atoms with Gasteiger partial charge in [-0.3, -0.25) is 4.79 Å². The van der Waals surface area contributed by atoms with Crippen molar-refractivity contribution in [2.24, 2.45) is 0 Å². The Balaban J connectivity index is 2.07. The Bertz CT molecular complexity index is 751. The highest BCUT2D eigenvalue weighted by Crippen LogP contribution is 2.16. The van der Waals surface area contributed by atoms with E-state index in [0.29, 0.717) is 21.6 Å². The lowest BCUT2D eigenvalue weighted by molar-refractivity contribution is -0.112. The molecule has 2 aromatic rings. The summed E-state index contributed by atoms with van der Waals surface area (Å²) in [5.41, 5.74) is 0.403. The van der Waals surface area contributed by atoms with Gasteiger partial charge in [0.05, 0.1) is 5.02 Å². The fourth-order valence-electron chi connectivity index (χ4n) is 1.52. The number of aromatic nitrogens is 1. The van der Waals surface area contributed by atoms with Gasteiger partial charge in [0, 0.05) is 23.1 Å². The zero-order chi connectivity index (χ0) is 15.9. The summed E-state index contributed by atoms with van der Waals surface area (Å²) in [6.45, 7) is 0. The van der Waals surface area contributed by atoms with Crippen molar-refractivity contribution in [2.45, 2.75) is 0 Å². The molecule has 0 aliphatic rings. The molecule has 0 atom stereocenters. The molecule has 0 spiro atoms. The second-order valence-electron chi connectivity index (χ2n) is 4.14. The van der Waals surface area contributed by atoms with Crippen molar-refractivity contribution in [3.05, 3.63) is 64.4 Å². The zero-order valence-corrected chi connectivity index (χ0v) is 12.7. The number of carbonyl (C=O) groups is 1. The number of rotatable bonds is 4. The molecule has 0 unspecified atom stereocenters. The minimum Gasteiger partial charge on any atom is -0.345 e.